The van der Waals surface area contributed by atoms with Crippen LogP contribution < -0.4 is 10.2 Å². The predicted molar refractivity (Wildman–Crippen MR) is 97.9 cm³/mol. The van der Waals surface area contributed by atoms with Gasteiger partial charge in [-0.3, -0.25) is 4.79 Å². The van der Waals surface area contributed by atoms with Gasteiger partial charge >= 0.3 is 0 Å². The van der Waals surface area contributed by atoms with E-state index < -0.39 is 0 Å². The third-order valence-corrected chi connectivity index (χ3v) is 3.91. The number of hydrogen-bond acceptors (Lipinski definition) is 6. The molecule has 0 bridgehead atoms. The maximum atomic E-state index is 11.6. The Labute approximate surface area is 146 Å². The molecule has 7 heteroatoms. The minimum atomic E-state index is -0.0165. The molecule has 1 N–H and O–H groups in total. The standard InChI is InChI=1S/C18H20N6O/c1-12-16(13(2)25)10-21-24(12)18-9-17(19-11-20-18)22-14-5-7-15(8-6-14)23(3)4/h5-11H,1-4H3,(H,19,20,22). The maximum Gasteiger partial charge on any atom is 0.163 e. The van der Waals surface area contributed by atoms with Crippen molar-refractivity contribution in [2.75, 3.05) is 24.3 Å². The number of hydrogen-bond donors (Lipinski definition) is 1. The number of ketones is 1. The van der Waals surface area contributed by atoms with Crippen molar-refractivity contribution in [2.24, 2.45) is 0 Å². The van der Waals surface area contributed by atoms with E-state index in [0.717, 1.165) is 17.1 Å². The summed E-state index contributed by atoms with van der Waals surface area (Å²) in [6, 6.07) is 9.83. The summed E-state index contributed by atoms with van der Waals surface area (Å²) in [5, 5.41) is 7.51. The second-order valence-corrected chi connectivity index (χ2v) is 5.94. The van der Waals surface area contributed by atoms with Crippen LogP contribution in [0.5, 0.6) is 0 Å². The van der Waals surface area contributed by atoms with Crippen LogP contribution in [0.15, 0.2) is 42.9 Å². The SMILES string of the molecule is CC(=O)c1cnn(-c2cc(Nc3ccc(N(C)C)cc3)ncn2)c1C. The molecule has 7 nitrogen and oxygen atoms in total. The molecule has 0 spiro atoms. The van der Waals surface area contributed by atoms with Crippen LogP contribution in [-0.4, -0.2) is 39.6 Å². The number of benzene rings is 1. The predicted octanol–water partition coefficient (Wildman–Crippen LogP) is 2.98. The summed E-state index contributed by atoms with van der Waals surface area (Å²) >= 11 is 0. The number of nitrogens with zero attached hydrogens (tertiary/aromatic N) is 5. The van der Waals surface area contributed by atoms with E-state index in [9.17, 15) is 4.79 Å². The Morgan fingerprint density at radius 3 is 2.48 bits per heavy atom. The molecule has 2 aromatic heterocycles. The van der Waals surface area contributed by atoms with Crippen molar-refractivity contribution in [3.63, 3.8) is 0 Å². The molecule has 0 saturated carbocycles. The Hall–Kier alpha value is -3.22. The van der Waals surface area contributed by atoms with Crippen LogP contribution in [0.2, 0.25) is 0 Å². The summed E-state index contributed by atoms with van der Waals surface area (Å²) in [6.45, 7) is 3.37. The van der Waals surface area contributed by atoms with E-state index in [1.807, 2.05) is 50.2 Å². The first-order valence-electron chi connectivity index (χ1n) is 7.88. The van der Waals surface area contributed by atoms with Crippen LogP contribution in [-0.2, 0) is 0 Å². The third-order valence-electron chi connectivity index (χ3n) is 3.91. The minimum Gasteiger partial charge on any atom is -0.378 e. The van der Waals surface area contributed by atoms with Crippen LogP contribution in [0.25, 0.3) is 5.82 Å². The van der Waals surface area contributed by atoms with Crippen molar-refractivity contribution in [1.29, 1.82) is 0 Å². The van der Waals surface area contributed by atoms with E-state index in [-0.39, 0.29) is 5.78 Å². The van der Waals surface area contributed by atoms with Gasteiger partial charge in [-0.1, -0.05) is 0 Å². The molecule has 25 heavy (non-hydrogen) atoms. The van der Waals surface area contributed by atoms with Crippen LogP contribution in [0, 0.1) is 6.92 Å². The molecule has 0 radical (unpaired) electrons. The van der Waals surface area contributed by atoms with Crippen molar-refractivity contribution in [3.05, 3.63) is 54.1 Å². The molecule has 0 fully saturated rings. The van der Waals surface area contributed by atoms with Crippen molar-refractivity contribution >= 4 is 23.0 Å². The number of carbonyl (C=O) groups is 1. The van der Waals surface area contributed by atoms with Gasteiger partial charge in [0.05, 0.1) is 17.5 Å². The lowest BCUT2D eigenvalue weighted by Gasteiger charge is -2.13. The highest BCUT2D eigenvalue weighted by Gasteiger charge is 2.13. The van der Waals surface area contributed by atoms with E-state index in [0.29, 0.717) is 17.2 Å². The Bertz CT molecular complexity index is 898. The first kappa shape index (κ1) is 16.6. The molecule has 0 aliphatic carbocycles. The van der Waals surface area contributed by atoms with E-state index in [4.69, 9.17) is 0 Å². The lowest BCUT2D eigenvalue weighted by Crippen LogP contribution is -2.08. The number of carbonyl (C=O) groups excluding carboxylic acids is 1. The Kier molecular flexibility index (Phi) is 4.47. The molecule has 0 aliphatic rings. The largest absolute Gasteiger partial charge is 0.378 e. The first-order chi connectivity index (χ1) is 12.0. The zero-order valence-corrected chi connectivity index (χ0v) is 14.7. The van der Waals surface area contributed by atoms with E-state index in [2.05, 4.69) is 20.4 Å². The molecule has 3 rings (SSSR count). The summed E-state index contributed by atoms with van der Waals surface area (Å²) in [6.07, 6.45) is 3.03. The van der Waals surface area contributed by atoms with Crippen molar-refractivity contribution in [1.82, 2.24) is 19.7 Å². The molecular weight excluding hydrogens is 316 g/mol. The van der Waals surface area contributed by atoms with Gasteiger partial charge in [0.1, 0.15) is 12.1 Å². The Morgan fingerprint density at radius 2 is 1.88 bits per heavy atom. The van der Waals surface area contributed by atoms with Crippen LogP contribution >= 0.6 is 0 Å². The van der Waals surface area contributed by atoms with Crippen molar-refractivity contribution < 1.29 is 4.79 Å². The van der Waals surface area contributed by atoms with E-state index >= 15 is 0 Å². The summed E-state index contributed by atoms with van der Waals surface area (Å²) in [7, 11) is 4.00. The number of anilines is 3. The highest BCUT2D eigenvalue weighted by atomic mass is 16.1. The third kappa shape index (κ3) is 3.50. The Balaban J connectivity index is 1.85. The topological polar surface area (TPSA) is 75.9 Å². The van der Waals surface area contributed by atoms with Gasteiger partial charge in [-0.25, -0.2) is 14.6 Å². The molecule has 3 aromatic rings. The highest BCUT2D eigenvalue weighted by Crippen LogP contribution is 2.20. The van der Waals surface area contributed by atoms with Gasteiger partial charge in [0, 0.05) is 31.5 Å². The molecular formula is C18H20N6O. The van der Waals surface area contributed by atoms with Crippen molar-refractivity contribution in [3.8, 4) is 5.82 Å². The quantitative estimate of drug-likeness (QED) is 0.722. The molecule has 2 heterocycles. The Morgan fingerprint density at radius 1 is 1.16 bits per heavy atom. The van der Waals surface area contributed by atoms with Crippen LogP contribution in [0.3, 0.4) is 0 Å². The van der Waals surface area contributed by atoms with Gasteiger partial charge in [-0.05, 0) is 38.1 Å². The highest BCUT2D eigenvalue weighted by molar-refractivity contribution is 5.95. The van der Waals surface area contributed by atoms with Gasteiger partial charge < -0.3 is 10.2 Å². The smallest absolute Gasteiger partial charge is 0.163 e. The van der Waals surface area contributed by atoms with Gasteiger partial charge in [0.2, 0.25) is 0 Å². The molecule has 1 aromatic carbocycles. The van der Waals surface area contributed by atoms with Crippen LogP contribution in [0.4, 0.5) is 17.2 Å². The lowest BCUT2D eigenvalue weighted by molar-refractivity contribution is 0.101. The average molecular weight is 336 g/mol. The zero-order chi connectivity index (χ0) is 18.0. The molecule has 0 saturated heterocycles. The van der Waals surface area contributed by atoms with E-state index in [1.54, 1.807) is 16.9 Å². The minimum absolute atomic E-state index is 0.0165. The normalized spacial score (nSPS) is 10.6. The molecule has 128 valence electrons. The van der Waals surface area contributed by atoms with Crippen molar-refractivity contribution in [2.45, 2.75) is 13.8 Å². The second kappa shape index (κ2) is 6.72. The fourth-order valence-corrected chi connectivity index (χ4v) is 2.51. The number of rotatable bonds is 5. The average Bonchev–Trinajstić information content (AvgIpc) is 2.97. The summed E-state index contributed by atoms with van der Waals surface area (Å²) < 4.78 is 1.64. The van der Waals surface area contributed by atoms with Gasteiger partial charge in [0.15, 0.2) is 11.6 Å². The number of nitrogens with one attached hydrogen (secondary N) is 1. The van der Waals surface area contributed by atoms with E-state index in [1.165, 1.54) is 13.3 Å². The molecule has 0 unspecified atom stereocenters. The van der Waals surface area contributed by atoms with Gasteiger partial charge in [-0.15, -0.1) is 0 Å². The summed E-state index contributed by atoms with van der Waals surface area (Å²) in [5.74, 6) is 1.24. The van der Waals surface area contributed by atoms with Gasteiger partial charge in [-0.2, -0.15) is 5.10 Å². The maximum absolute atomic E-state index is 11.6. The monoisotopic (exact) mass is 336 g/mol. The fourth-order valence-electron chi connectivity index (χ4n) is 2.51. The summed E-state index contributed by atoms with van der Waals surface area (Å²) in [5.41, 5.74) is 3.40. The lowest BCUT2D eigenvalue weighted by atomic mass is 10.2. The fraction of sp³-hybridized carbons (Fsp3) is 0.222. The van der Waals surface area contributed by atoms with Crippen LogP contribution in [0.1, 0.15) is 23.0 Å². The number of aromatic nitrogens is 4. The second-order valence-electron chi connectivity index (χ2n) is 5.94. The molecule has 0 atom stereocenters. The zero-order valence-electron chi connectivity index (χ0n) is 14.7. The summed E-state index contributed by atoms with van der Waals surface area (Å²) in [4.78, 5) is 22.1. The molecule has 0 aliphatic heterocycles. The van der Waals surface area contributed by atoms with Gasteiger partial charge in [0.25, 0.3) is 0 Å². The number of Topliss-reactive ketones (excluding diaryl/α,β-unsaturated/α-hetero) is 1. The molecule has 0 amide bonds. The first-order valence-corrected chi connectivity index (χ1v) is 7.88.